The molecule has 0 spiro atoms. The van der Waals surface area contributed by atoms with Gasteiger partial charge in [-0.2, -0.15) is 5.26 Å². The minimum Gasteiger partial charge on any atom is -0.397 e. The van der Waals surface area contributed by atoms with E-state index in [1.807, 2.05) is 0 Å². The lowest BCUT2D eigenvalue weighted by molar-refractivity contribution is 0.301. The number of hydrogen-bond donors (Lipinski definition) is 2. The fourth-order valence-electron chi connectivity index (χ4n) is 1.86. The number of nitrogen functional groups attached to an aromatic ring is 1. The molecule has 0 amide bonds. The number of nitrogens with zero attached hydrogens (tertiary/aromatic N) is 2. The maximum atomic E-state index is 9.04. The van der Waals surface area contributed by atoms with Gasteiger partial charge in [-0.15, -0.1) is 0 Å². The molecule has 84 valence electrons. The van der Waals surface area contributed by atoms with Crippen LogP contribution in [-0.2, 0) is 0 Å². The molecule has 0 unspecified atom stereocenters. The number of rotatable bonds is 4. The summed E-state index contributed by atoms with van der Waals surface area (Å²) in [5.41, 5.74) is 8.05. The maximum Gasteiger partial charge on any atom is 0.0992 e. The number of nitrogens with two attached hydrogens (primary N) is 1. The minimum atomic E-state index is 0.104. The lowest BCUT2D eigenvalue weighted by atomic mass is 10.1. The highest BCUT2D eigenvalue weighted by Gasteiger charge is 2.29. The molecular weight excluding hydrogens is 202 g/mol. The zero-order chi connectivity index (χ0) is 11.5. The lowest BCUT2D eigenvalue weighted by Gasteiger charge is -2.25. The molecule has 2 rings (SSSR count). The van der Waals surface area contributed by atoms with Gasteiger partial charge in [0.1, 0.15) is 0 Å². The summed E-state index contributed by atoms with van der Waals surface area (Å²) in [6.07, 6.45) is 2.27. The van der Waals surface area contributed by atoms with E-state index in [9.17, 15) is 0 Å². The van der Waals surface area contributed by atoms with Gasteiger partial charge in [-0.3, -0.25) is 0 Å². The molecule has 1 aromatic rings. The van der Waals surface area contributed by atoms with Crippen molar-refractivity contribution in [1.29, 1.82) is 5.26 Å². The average Bonchev–Trinajstić information content (AvgIpc) is 3.11. The van der Waals surface area contributed by atoms with E-state index in [4.69, 9.17) is 16.1 Å². The Hall–Kier alpha value is -1.73. The summed E-state index contributed by atoms with van der Waals surface area (Å²) in [5.74, 6) is 0. The van der Waals surface area contributed by atoms with Crippen LogP contribution in [-0.4, -0.2) is 24.3 Å². The molecule has 1 fully saturated rings. The molecule has 0 saturated heterocycles. The van der Waals surface area contributed by atoms with Crippen LogP contribution in [0, 0.1) is 11.3 Å². The zero-order valence-electron chi connectivity index (χ0n) is 9.06. The van der Waals surface area contributed by atoms with Gasteiger partial charge in [0.15, 0.2) is 0 Å². The Labute approximate surface area is 94.9 Å². The molecule has 0 aromatic heterocycles. The summed E-state index contributed by atoms with van der Waals surface area (Å²) in [6, 6.07) is 7.84. The number of aliphatic hydroxyl groups is 1. The van der Waals surface area contributed by atoms with Gasteiger partial charge >= 0.3 is 0 Å². The molecule has 16 heavy (non-hydrogen) atoms. The second-order valence-corrected chi connectivity index (χ2v) is 4.03. The van der Waals surface area contributed by atoms with Crippen LogP contribution >= 0.6 is 0 Å². The molecular formula is C12H15N3O. The van der Waals surface area contributed by atoms with Gasteiger partial charge in [0, 0.05) is 12.6 Å². The summed E-state index contributed by atoms with van der Waals surface area (Å²) >= 11 is 0. The van der Waals surface area contributed by atoms with Crippen molar-refractivity contribution >= 4 is 11.4 Å². The quantitative estimate of drug-likeness (QED) is 0.741. The third kappa shape index (κ3) is 2.10. The van der Waals surface area contributed by atoms with E-state index in [-0.39, 0.29) is 6.61 Å². The average molecular weight is 217 g/mol. The second kappa shape index (κ2) is 4.42. The Morgan fingerprint density at radius 3 is 2.81 bits per heavy atom. The van der Waals surface area contributed by atoms with Gasteiger partial charge in [-0.25, -0.2) is 0 Å². The number of anilines is 2. The molecule has 4 heteroatoms. The zero-order valence-corrected chi connectivity index (χ0v) is 9.06. The van der Waals surface area contributed by atoms with Crippen LogP contribution in [0.25, 0.3) is 0 Å². The fourth-order valence-corrected chi connectivity index (χ4v) is 1.86. The first-order chi connectivity index (χ1) is 7.76. The molecule has 4 nitrogen and oxygen atoms in total. The SMILES string of the molecule is N#Cc1ccc(N)c(N(CCO)C2CC2)c1. The van der Waals surface area contributed by atoms with Crippen molar-refractivity contribution in [3.05, 3.63) is 23.8 Å². The molecule has 1 aliphatic carbocycles. The predicted octanol–water partition coefficient (Wildman–Crippen LogP) is 1.10. The second-order valence-electron chi connectivity index (χ2n) is 4.03. The number of aliphatic hydroxyl groups excluding tert-OH is 1. The number of hydrogen-bond acceptors (Lipinski definition) is 4. The Balaban J connectivity index is 2.32. The molecule has 0 atom stereocenters. The summed E-state index contributed by atoms with van der Waals surface area (Å²) in [4.78, 5) is 2.09. The summed E-state index contributed by atoms with van der Waals surface area (Å²) in [6.45, 7) is 0.677. The molecule has 1 aliphatic rings. The van der Waals surface area contributed by atoms with E-state index >= 15 is 0 Å². The maximum absolute atomic E-state index is 9.04. The smallest absolute Gasteiger partial charge is 0.0992 e. The highest BCUT2D eigenvalue weighted by atomic mass is 16.3. The van der Waals surface area contributed by atoms with Crippen LogP contribution in [0.15, 0.2) is 18.2 Å². The van der Waals surface area contributed by atoms with Crippen LogP contribution in [0.2, 0.25) is 0 Å². The molecule has 1 aromatic carbocycles. The monoisotopic (exact) mass is 217 g/mol. The van der Waals surface area contributed by atoms with Crippen molar-refractivity contribution in [3.8, 4) is 6.07 Å². The molecule has 0 radical (unpaired) electrons. The van der Waals surface area contributed by atoms with E-state index < -0.39 is 0 Å². The van der Waals surface area contributed by atoms with E-state index in [0.717, 1.165) is 18.5 Å². The van der Waals surface area contributed by atoms with Gasteiger partial charge in [0.25, 0.3) is 0 Å². The first-order valence-corrected chi connectivity index (χ1v) is 5.43. The molecule has 0 bridgehead atoms. The Kier molecular flexibility index (Phi) is 2.97. The van der Waals surface area contributed by atoms with E-state index in [2.05, 4.69) is 11.0 Å². The highest BCUT2D eigenvalue weighted by molar-refractivity contribution is 5.70. The number of nitriles is 1. The summed E-state index contributed by atoms with van der Waals surface area (Å²) in [7, 11) is 0. The molecule has 3 N–H and O–H groups in total. The van der Waals surface area contributed by atoms with Crippen LogP contribution in [0.4, 0.5) is 11.4 Å². The predicted molar refractivity (Wildman–Crippen MR) is 63.0 cm³/mol. The number of benzene rings is 1. The summed E-state index contributed by atoms with van der Waals surface area (Å²) in [5, 5.41) is 17.9. The third-order valence-electron chi connectivity index (χ3n) is 2.80. The first kappa shape index (κ1) is 10.8. The standard InChI is InChI=1S/C12H15N3O/c13-8-9-1-4-11(14)12(7-9)15(5-6-16)10-2-3-10/h1,4,7,10,16H,2-3,5-6,14H2. The summed E-state index contributed by atoms with van der Waals surface area (Å²) < 4.78 is 0. The van der Waals surface area contributed by atoms with Crippen molar-refractivity contribution in [2.24, 2.45) is 0 Å². The van der Waals surface area contributed by atoms with Crippen molar-refractivity contribution in [3.63, 3.8) is 0 Å². The van der Waals surface area contributed by atoms with Crippen LogP contribution in [0.3, 0.4) is 0 Å². The van der Waals surface area contributed by atoms with Crippen LogP contribution in [0.5, 0.6) is 0 Å². The van der Waals surface area contributed by atoms with Gasteiger partial charge in [0.2, 0.25) is 0 Å². The largest absolute Gasteiger partial charge is 0.397 e. The topological polar surface area (TPSA) is 73.3 Å². The van der Waals surface area contributed by atoms with E-state index in [0.29, 0.717) is 23.8 Å². The first-order valence-electron chi connectivity index (χ1n) is 5.43. The third-order valence-corrected chi connectivity index (χ3v) is 2.80. The van der Waals surface area contributed by atoms with E-state index in [1.165, 1.54) is 0 Å². The van der Waals surface area contributed by atoms with Crippen molar-refractivity contribution in [2.75, 3.05) is 23.8 Å². The van der Waals surface area contributed by atoms with Crippen LogP contribution in [0.1, 0.15) is 18.4 Å². The van der Waals surface area contributed by atoms with Gasteiger partial charge in [-0.05, 0) is 31.0 Å². The lowest BCUT2D eigenvalue weighted by Crippen LogP contribution is -2.29. The normalized spacial score (nSPS) is 14.5. The van der Waals surface area contributed by atoms with Crippen LogP contribution < -0.4 is 10.6 Å². The molecule has 0 aliphatic heterocycles. The van der Waals surface area contributed by atoms with Crippen molar-refractivity contribution in [2.45, 2.75) is 18.9 Å². The minimum absolute atomic E-state index is 0.104. The van der Waals surface area contributed by atoms with Crippen molar-refractivity contribution < 1.29 is 5.11 Å². The van der Waals surface area contributed by atoms with Gasteiger partial charge in [0.05, 0.1) is 29.6 Å². The Bertz CT molecular complexity index is 421. The Morgan fingerprint density at radius 2 is 2.25 bits per heavy atom. The molecule has 0 heterocycles. The van der Waals surface area contributed by atoms with Gasteiger partial charge in [-0.1, -0.05) is 0 Å². The Morgan fingerprint density at radius 1 is 1.50 bits per heavy atom. The molecule has 1 saturated carbocycles. The highest BCUT2D eigenvalue weighted by Crippen LogP contribution is 2.34. The van der Waals surface area contributed by atoms with E-state index in [1.54, 1.807) is 18.2 Å². The van der Waals surface area contributed by atoms with Crippen molar-refractivity contribution in [1.82, 2.24) is 0 Å². The van der Waals surface area contributed by atoms with Gasteiger partial charge < -0.3 is 15.7 Å². The fraction of sp³-hybridized carbons (Fsp3) is 0.417.